The van der Waals surface area contributed by atoms with Crippen molar-refractivity contribution in [2.45, 2.75) is 65.6 Å². The number of rotatable bonds is 8. The lowest BCUT2D eigenvalue weighted by molar-refractivity contribution is -0.140. The van der Waals surface area contributed by atoms with E-state index in [1.807, 2.05) is 45.0 Å². The van der Waals surface area contributed by atoms with Crippen molar-refractivity contribution in [3.63, 3.8) is 0 Å². The molecule has 2 aromatic carbocycles. The van der Waals surface area contributed by atoms with Gasteiger partial charge in [0.1, 0.15) is 17.7 Å². The lowest BCUT2D eigenvalue weighted by Crippen LogP contribution is -2.52. The quantitative estimate of drug-likeness (QED) is 0.515. The summed E-state index contributed by atoms with van der Waals surface area (Å²) in [6.07, 6.45) is -1.33. The first-order valence-electron chi connectivity index (χ1n) is 11.7. The molecule has 0 saturated heterocycles. The number of hydrogen-bond acceptors (Lipinski definition) is 5. The number of amides is 4. The number of para-hydroxylation sites is 1. The van der Waals surface area contributed by atoms with Crippen molar-refractivity contribution >= 4 is 29.5 Å². The number of benzene rings is 2. The first kappa shape index (κ1) is 28.4. The third-order valence-corrected chi connectivity index (χ3v) is 5.63. The molecule has 4 N–H and O–H groups in total. The Morgan fingerprint density at radius 3 is 2.17 bits per heavy atom. The van der Waals surface area contributed by atoms with E-state index in [1.54, 1.807) is 39.0 Å². The monoisotopic (exact) mass is 496 g/mol. The van der Waals surface area contributed by atoms with Gasteiger partial charge in [-0.2, -0.15) is 0 Å². The Morgan fingerprint density at radius 2 is 1.61 bits per heavy atom. The van der Waals surface area contributed by atoms with Gasteiger partial charge in [-0.05, 0) is 69.9 Å². The molecule has 4 amide bonds. The maximum atomic E-state index is 13.6. The van der Waals surface area contributed by atoms with Gasteiger partial charge in [0.15, 0.2) is 0 Å². The Labute approximate surface area is 212 Å². The van der Waals surface area contributed by atoms with Crippen molar-refractivity contribution in [3.05, 3.63) is 64.7 Å². The van der Waals surface area contributed by atoms with E-state index in [9.17, 15) is 19.2 Å². The van der Waals surface area contributed by atoms with Crippen LogP contribution in [0.25, 0.3) is 0 Å². The van der Waals surface area contributed by atoms with Gasteiger partial charge in [-0.3, -0.25) is 14.4 Å². The average Bonchev–Trinajstić information content (AvgIpc) is 2.75. The molecule has 0 saturated carbocycles. The zero-order valence-electron chi connectivity index (χ0n) is 22.0. The molecule has 2 aromatic rings. The van der Waals surface area contributed by atoms with Crippen molar-refractivity contribution in [3.8, 4) is 0 Å². The predicted molar refractivity (Wildman–Crippen MR) is 138 cm³/mol. The van der Waals surface area contributed by atoms with E-state index in [0.717, 1.165) is 16.7 Å². The fraction of sp³-hybridized carbons (Fsp3) is 0.407. The number of hydrogen-bond donors (Lipinski definition) is 3. The van der Waals surface area contributed by atoms with Crippen LogP contribution in [0.1, 0.15) is 55.5 Å². The summed E-state index contributed by atoms with van der Waals surface area (Å²) < 4.78 is 5.24. The summed E-state index contributed by atoms with van der Waals surface area (Å²) in [7, 11) is 1.45. The van der Waals surface area contributed by atoms with Crippen molar-refractivity contribution in [1.29, 1.82) is 0 Å². The number of carbonyl (C=O) groups is 4. The van der Waals surface area contributed by atoms with E-state index in [0.29, 0.717) is 11.3 Å². The Kier molecular flexibility index (Phi) is 9.22. The number of anilines is 1. The van der Waals surface area contributed by atoms with Crippen molar-refractivity contribution in [2.75, 3.05) is 12.4 Å². The lowest BCUT2D eigenvalue weighted by Gasteiger charge is -2.31. The molecule has 0 bridgehead atoms. The SMILES string of the molecule is Cc1ccc(C(C(=O)Nc2ccccc2C)N(C)C(=O)C(CC(N)=O)NC(=O)OC(C)(C)C)cc1C. The second kappa shape index (κ2) is 11.7. The molecular weight excluding hydrogens is 460 g/mol. The fourth-order valence-electron chi connectivity index (χ4n) is 3.62. The number of nitrogens with two attached hydrogens (primary N) is 1. The van der Waals surface area contributed by atoms with E-state index >= 15 is 0 Å². The van der Waals surface area contributed by atoms with Gasteiger partial charge in [0.05, 0.1) is 6.42 Å². The molecule has 9 heteroatoms. The van der Waals surface area contributed by atoms with Crippen LogP contribution in [0.3, 0.4) is 0 Å². The average molecular weight is 497 g/mol. The van der Waals surface area contributed by atoms with Crippen LogP contribution in [0.5, 0.6) is 0 Å². The molecule has 0 aromatic heterocycles. The molecule has 2 rings (SSSR count). The smallest absolute Gasteiger partial charge is 0.408 e. The number of nitrogens with zero attached hydrogens (tertiary/aromatic N) is 1. The molecule has 2 atom stereocenters. The van der Waals surface area contributed by atoms with Crippen LogP contribution >= 0.6 is 0 Å². The highest BCUT2D eigenvalue weighted by molar-refractivity contribution is 6.00. The Hall–Kier alpha value is -3.88. The maximum Gasteiger partial charge on any atom is 0.408 e. The number of aryl methyl sites for hydroxylation is 3. The van der Waals surface area contributed by atoms with Gasteiger partial charge in [-0.15, -0.1) is 0 Å². The summed E-state index contributed by atoms with van der Waals surface area (Å²) in [5.74, 6) is -1.90. The molecule has 0 aliphatic carbocycles. The normalized spacial score (nSPS) is 12.8. The van der Waals surface area contributed by atoms with E-state index in [1.165, 1.54) is 11.9 Å². The number of ether oxygens (including phenoxy) is 1. The predicted octanol–water partition coefficient (Wildman–Crippen LogP) is 3.52. The standard InChI is InChI=1S/C27H36N4O5/c1-16-12-13-19(14-18(16)3)23(24(33)29-20-11-9-8-10-17(20)2)31(7)25(34)21(15-22(28)32)30-26(35)36-27(4,5)6/h8-14,21,23H,15H2,1-7H3,(H2,28,32)(H,29,33)(H,30,35). The number of nitrogens with one attached hydrogen (secondary N) is 2. The molecule has 36 heavy (non-hydrogen) atoms. The third-order valence-electron chi connectivity index (χ3n) is 5.63. The summed E-state index contributed by atoms with van der Waals surface area (Å²) in [5.41, 5.74) is 8.57. The second-order valence-electron chi connectivity index (χ2n) is 9.87. The highest BCUT2D eigenvalue weighted by Crippen LogP contribution is 2.26. The first-order valence-corrected chi connectivity index (χ1v) is 11.7. The molecule has 9 nitrogen and oxygen atoms in total. The Bertz CT molecular complexity index is 1140. The number of likely N-dealkylation sites (N-methyl/N-ethyl adjacent to an activating group) is 1. The molecule has 2 unspecified atom stereocenters. The Balaban J connectivity index is 2.43. The fourth-order valence-corrected chi connectivity index (χ4v) is 3.62. The molecule has 194 valence electrons. The largest absolute Gasteiger partial charge is 0.444 e. The Morgan fingerprint density at radius 1 is 0.972 bits per heavy atom. The first-order chi connectivity index (χ1) is 16.7. The van der Waals surface area contributed by atoms with E-state index in [2.05, 4.69) is 10.6 Å². The topological polar surface area (TPSA) is 131 Å². The molecule has 0 heterocycles. The maximum absolute atomic E-state index is 13.6. The van der Waals surface area contributed by atoms with Gasteiger partial charge in [-0.25, -0.2) is 4.79 Å². The zero-order chi connectivity index (χ0) is 27.2. The minimum atomic E-state index is -1.32. The molecule has 0 spiro atoms. The van der Waals surface area contributed by atoms with Gasteiger partial charge in [-0.1, -0.05) is 36.4 Å². The van der Waals surface area contributed by atoms with E-state index in [-0.39, 0.29) is 0 Å². The van der Waals surface area contributed by atoms with Crippen LogP contribution in [-0.2, 0) is 19.1 Å². The summed E-state index contributed by atoms with van der Waals surface area (Å²) in [4.78, 5) is 52.4. The van der Waals surface area contributed by atoms with Gasteiger partial charge in [0.25, 0.3) is 5.91 Å². The van der Waals surface area contributed by atoms with Crippen LogP contribution in [0.4, 0.5) is 10.5 Å². The molecule has 0 aliphatic heterocycles. The van der Waals surface area contributed by atoms with Crippen LogP contribution in [0, 0.1) is 20.8 Å². The van der Waals surface area contributed by atoms with Crippen LogP contribution in [0.2, 0.25) is 0 Å². The number of primary amides is 1. The van der Waals surface area contributed by atoms with Crippen molar-refractivity contribution in [2.24, 2.45) is 5.73 Å². The van der Waals surface area contributed by atoms with Gasteiger partial charge in [0.2, 0.25) is 11.8 Å². The number of alkyl carbamates (subject to hydrolysis) is 1. The second-order valence-corrected chi connectivity index (χ2v) is 9.87. The highest BCUT2D eigenvalue weighted by atomic mass is 16.6. The van der Waals surface area contributed by atoms with E-state index < -0.39 is 47.9 Å². The van der Waals surface area contributed by atoms with Gasteiger partial charge >= 0.3 is 6.09 Å². The lowest BCUT2D eigenvalue weighted by atomic mass is 9.98. The summed E-state index contributed by atoms with van der Waals surface area (Å²) >= 11 is 0. The highest BCUT2D eigenvalue weighted by Gasteiger charge is 2.35. The van der Waals surface area contributed by atoms with Crippen molar-refractivity contribution < 1.29 is 23.9 Å². The van der Waals surface area contributed by atoms with Crippen LogP contribution in [-0.4, -0.2) is 47.4 Å². The summed E-state index contributed by atoms with van der Waals surface area (Å²) in [6, 6.07) is 10.4. The van der Waals surface area contributed by atoms with Crippen molar-refractivity contribution in [1.82, 2.24) is 10.2 Å². The van der Waals surface area contributed by atoms with E-state index in [4.69, 9.17) is 10.5 Å². The zero-order valence-corrected chi connectivity index (χ0v) is 22.0. The van der Waals surface area contributed by atoms with Crippen LogP contribution < -0.4 is 16.4 Å². The minimum absolute atomic E-state index is 0.446. The summed E-state index contributed by atoms with van der Waals surface area (Å²) in [6.45, 7) is 10.8. The molecule has 0 radical (unpaired) electrons. The molecular formula is C27H36N4O5. The minimum Gasteiger partial charge on any atom is -0.444 e. The van der Waals surface area contributed by atoms with Gasteiger partial charge < -0.3 is 26.0 Å². The van der Waals surface area contributed by atoms with Gasteiger partial charge in [0, 0.05) is 12.7 Å². The van der Waals surface area contributed by atoms with Crippen LogP contribution in [0.15, 0.2) is 42.5 Å². The molecule has 0 fully saturated rings. The number of carbonyl (C=O) groups excluding carboxylic acids is 4. The summed E-state index contributed by atoms with van der Waals surface area (Å²) in [5, 5.41) is 5.32. The molecule has 0 aliphatic rings. The third kappa shape index (κ3) is 7.83.